The molecule has 0 N–H and O–H groups in total. The highest BCUT2D eigenvalue weighted by Crippen LogP contribution is 2.29. The van der Waals surface area contributed by atoms with Crippen molar-refractivity contribution in [3.63, 3.8) is 0 Å². The molecule has 2 aromatic carbocycles. The van der Waals surface area contributed by atoms with E-state index in [0.717, 1.165) is 32.7 Å². The molecule has 4 heteroatoms. The van der Waals surface area contributed by atoms with Gasteiger partial charge in [-0.3, -0.25) is 9.55 Å². The second-order valence-corrected chi connectivity index (χ2v) is 6.38. The summed E-state index contributed by atoms with van der Waals surface area (Å²) in [6.07, 6.45) is 1.80. The highest BCUT2D eigenvalue weighted by atomic mass is 79.9. The van der Waals surface area contributed by atoms with Crippen LogP contribution in [0.2, 0.25) is 0 Å². The van der Waals surface area contributed by atoms with E-state index in [4.69, 9.17) is 4.98 Å². The van der Waals surface area contributed by atoms with Crippen molar-refractivity contribution in [2.45, 2.75) is 6.92 Å². The lowest BCUT2D eigenvalue weighted by atomic mass is 10.2. The van der Waals surface area contributed by atoms with E-state index in [9.17, 15) is 0 Å². The average Bonchev–Trinajstić information content (AvgIpc) is 2.94. The molecule has 112 valence electrons. The number of hydrogen-bond acceptors (Lipinski definition) is 2. The second kappa shape index (κ2) is 5.63. The number of aryl methyl sites for hydroxylation is 1. The minimum Gasteiger partial charge on any atom is -0.291 e. The van der Waals surface area contributed by atoms with Gasteiger partial charge >= 0.3 is 0 Å². The van der Waals surface area contributed by atoms with Crippen LogP contribution in [0.25, 0.3) is 28.2 Å². The van der Waals surface area contributed by atoms with Gasteiger partial charge in [-0.2, -0.15) is 0 Å². The van der Waals surface area contributed by atoms with Crippen molar-refractivity contribution in [2.24, 2.45) is 0 Å². The molecule has 0 spiro atoms. The first kappa shape index (κ1) is 14.2. The molecular weight excluding hydrogens is 350 g/mol. The second-order valence-electron chi connectivity index (χ2n) is 5.46. The molecular formula is C19H14BrN3. The molecule has 0 radical (unpaired) electrons. The van der Waals surface area contributed by atoms with E-state index >= 15 is 0 Å². The molecule has 23 heavy (non-hydrogen) atoms. The number of rotatable bonds is 2. The largest absolute Gasteiger partial charge is 0.291 e. The van der Waals surface area contributed by atoms with Gasteiger partial charge in [0.1, 0.15) is 5.69 Å². The molecule has 0 aliphatic carbocycles. The Morgan fingerprint density at radius 3 is 2.57 bits per heavy atom. The Morgan fingerprint density at radius 2 is 1.78 bits per heavy atom. The molecule has 0 atom stereocenters. The maximum absolute atomic E-state index is 4.80. The summed E-state index contributed by atoms with van der Waals surface area (Å²) in [6, 6.07) is 20.4. The van der Waals surface area contributed by atoms with Crippen molar-refractivity contribution in [2.75, 3.05) is 0 Å². The molecule has 0 saturated heterocycles. The highest BCUT2D eigenvalue weighted by molar-refractivity contribution is 9.10. The molecule has 0 bridgehead atoms. The summed E-state index contributed by atoms with van der Waals surface area (Å²) in [7, 11) is 0. The van der Waals surface area contributed by atoms with E-state index in [2.05, 4.69) is 56.7 Å². The summed E-state index contributed by atoms with van der Waals surface area (Å²) < 4.78 is 3.22. The fraction of sp³-hybridized carbons (Fsp3) is 0.0526. The van der Waals surface area contributed by atoms with Gasteiger partial charge in [0.25, 0.3) is 0 Å². The Balaban J connectivity index is 2.07. The molecule has 2 heterocycles. The van der Waals surface area contributed by atoms with Crippen LogP contribution in [-0.2, 0) is 0 Å². The van der Waals surface area contributed by atoms with E-state index in [1.54, 1.807) is 6.20 Å². The SMILES string of the molecule is Cc1cc(Br)cc(-n2c(-c3ccccn3)nc3ccccc32)c1. The van der Waals surface area contributed by atoms with Gasteiger partial charge < -0.3 is 0 Å². The van der Waals surface area contributed by atoms with E-state index in [1.165, 1.54) is 5.56 Å². The highest BCUT2D eigenvalue weighted by Gasteiger charge is 2.15. The Kier molecular flexibility index (Phi) is 3.46. The lowest BCUT2D eigenvalue weighted by molar-refractivity contribution is 1.07. The maximum Gasteiger partial charge on any atom is 0.164 e. The number of fused-ring (bicyclic) bond motifs is 1. The molecule has 0 saturated carbocycles. The number of para-hydroxylation sites is 2. The number of benzene rings is 2. The van der Waals surface area contributed by atoms with Crippen molar-refractivity contribution >= 4 is 27.0 Å². The Bertz CT molecular complexity index is 970. The molecule has 4 rings (SSSR count). The normalized spacial score (nSPS) is 11.0. The topological polar surface area (TPSA) is 30.7 Å². The number of nitrogens with zero attached hydrogens (tertiary/aromatic N) is 3. The van der Waals surface area contributed by atoms with E-state index in [-0.39, 0.29) is 0 Å². The number of aromatic nitrogens is 3. The first-order valence-electron chi connectivity index (χ1n) is 7.39. The van der Waals surface area contributed by atoms with E-state index in [1.807, 2.05) is 36.4 Å². The first-order chi connectivity index (χ1) is 11.2. The van der Waals surface area contributed by atoms with Crippen LogP contribution in [0.1, 0.15) is 5.56 Å². The van der Waals surface area contributed by atoms with Crippen molar-refractivity contribution in [1.29, 1.82) is 0 Å². The van der Waals surface area contributed by atoms with Gasteiger partial charge in [0.05, 0.1) is 11.0 Å². The van der Waals surface area contributed by atoms with E-state index < -0.39 is 0 Å². The quantitative estimate of drug-likeness (QED) is 0.492. The van der Waals surface area contributed by atoms with Crippen molar-refractivity contribution in [3.05, 3.63) is 76.9 Å². The summed E-state index contributed by atoms with van der Waals surface area (Å²) in [5.41, 5.74) is 5.17. The van der Waals surface area contributed by atoms with Gasteiger partial charge in [-0.1, -0.05) is 34.1 Å². The van der Waals surface area contributed by atoms with Crippen LogP contribution < -0.4 is 0 Å². The number of halogens is 1. The van der Waals surface area contributed by atoms with Crippen LogP contribution in [0.4, 0.5) is 0 Å². The Morgan fingerprint density at radius 1 is 0.957 bits per heavy atom. The number of hydrogen-bond donors (Lipinski definition) is 0. The van der Waals surface area contributed by atoms with Crippen LogP contribution in [0.15, 0.2) is 71.3 Å². The van der Waals surface area contributed by atoms with Gasteiger partial charge in [0.15, 0.2) is 5.82 Å². The zero-order valence-electron chi connectivity index (χ0n) is 12.6. The fourth-order valence-corrected chi connectivity index (χ4v) is 3.40. The van der Waals surface area contributed by atoms with Gasteiger partial charge in [0, 0.05) is 16.4 Å². The van der Waals surface area contributed by atoms with Gasteiger partial charge in [0.2, 0.25) is 0 Å². The van der Waals surface area contributed by atoms with Gasteiger partial charge in [-0.05, 0) is 55.0 Å². The van der Waals surface area contributed by atoms with Crippen molar-refractivity contribution < 1.29 is 0 Å². The first-order valence-corrected chi connectivity index (χ1v) is 8.18. The molecule has 3 nitrogen and oxygen atoms in total. The molecule has 0 aliphatic heterocycles. The predicted molar refractivity (Wildman–Crippen MR) is 96.7 cm³/mol. The third kappa shape index (κ3) is 2.55. The molecule has 0 unspecified atom stereocenters. The van der Waals surface area contributed by atoms with Crippen LogP contribution >= 0.6 is 15.9 Å². The molecule has 0 amide bonds. The minimum absolute atomic E-state index is 0.851. The van der Waals surface area contributed by atoms with Gasteiger partial charge in [-0.25, -0.2) is 4.98 Å². The Hall–Kier alpha value is -2.46. The predicted octanol–water partition coefficient (Wildman–Crippen LogP) is 5.16. The molecule has 4 aromatic rings. The fourth-order valence-electron chi connectivity index (χ4n) is 2.80. The number of imidazole rings is 1. The lowest BCUT2D eigenvalue weighted by Gasteiger charge is -2.10. The molecule has 2 aromatic heterocycles. The third-order valence-corrected chi connectivity index (χ3v) is 4.20. The van der Waals surface area contributed by atoms with Gasteiger partial charge in [-0.15, -0.1) is 0 Å². The van der Waals surface area contributed by atoms with E-state index in [0.29, 0.717) is 0 Å². The monoisotopic (exact) mass is 363 g/mol. The lowest BCUT2D eigenvalue weighted by Crippen LogP contribution is -1.99. The number of pyridine rings is 1. The van der Waals surface area contributed by atoms with Crippen LogP contribution in [0.3, 0.4) is 0 Å². The summed E-state index contributed by atoms with van der Waals surface area (Å²) in [6.45, 7) is 2.09. The van der Waals surface area contributed by atoms with Crippen molar-refractivity contribution in [3.8, 4) is 17.2 Å². The average molecular weight is 364 g/mol. The van der Waals surface area contributed by atoms with Crippen LogP contribution in [-0.4, -0.2) is 14.5 Å². The third-order valence-electron chi connectivity index (χ3n) is 3.74. The van der Waals surface area contributed by atoms with Crippen LogP contribution in [0.5, 0.6) is 0 Å². The molecule has 0 fully saturated rings. The maximum atomic E-state index is 4.80. The summed E-state index contributed by atoms with van der Waals surface area (Å²) in [5.74, 6) is 0.851. The summed E-state index contributed by atoms with van der Waals surface area (Å²) >= 11 is 3.59. The smallest absolute Gasteiger partial charge is 0.164 e. The standard InChI is InChI=1S/C19H14BrN3/c1-13-10-14(20)12-15(11-13)23-18-8-3-2-6-16(18)22-19(23)17-7-4-5-9-21-17/h2-12H,1H3. The Labute approximate surface area is 142 Å². The summed E-state index contributed by atoms with van der Waals surface area (Å²) in [4.78, 5) is 9.28. The van der Waals surface area contributed by atoms with Crippen molar-refractivity contribution in [1.82, 2.24) is 14.5 Å². The van der Waals surface area contributed by atoms with Crippen LogP contribution in [0, 0.1) is 6.92 Å². The zero-order valence-corrected chi connectivity index (χ0v) is 14.2. The minimum atomic E-state index is 0.851. The zero-order chi connectivity index (χ0) is 15.8. The molecule has 0 aliphatic rings. The summed E-state index contributed by atoms with van der Waals surface area (Å²) in [5, 5.41) is 0.